The van der Waals surface area contributed by atoms with Crippen LogP contribution >= 0.6 is 0 Å². The molecule has 0 aromatic heterocycles. The van der Waals surface area contributed by atoms with Crippen LogP contribution in [0.2, 0.25) is 0 Å². The van der Waals surface area contributed by atoms with E-state index in [-0.39, 0.29) is 11.8 Å². The first-order valence-electron chi connectivity index (χ1n) is 9.83. The van der Waals surface area contributed by atoms with Gasteiger partial charge in [-0.25, -0.2) is 5.01 Å². The standard InChI is InChI=1S/C21H30N4O2/c1-15-10-16(2)13-25(12-15)14-18-6-4-17(5-7-18)11-22-21(27)19-8-9-20(26)24(3)23-19/h4-7,15-16H,8-14H2,1-3H3,(H,22,27)/t15-,16-/m0/s1. The molecule has 1 fully saturated rings. The molecule has 1 N–H and O–H groups in total. The number of carbonyl (C=O) groups excluding carboxylic acids is 2. The van der Waals surface area contributed by atoms with Crippen molar-refractivity contribution in [2.75, 3.05) is 20.1 Å². The Bertz CT molecular complexity index is 703. The molecule has 1 aromatic carbocycles. The molecular formula is C21H30N4O2. The third kappa shape index (κ3) is 5.39. The number of hydrogen-bond donors (Lipinski definition) is 1. The van der Waals surface area contributed by atoms with Crippen LogP contribution < -0.4 is 5.32 Å². The zero-order valence-electron chi connectivity index (χ0n) is 16.6. The van der Waals surface area contributed by atoms with E-state index in [1.165, 1.54) is 30.1 Å². The van der Waals surface area contributed by atoms with E-state index in [2.05, 4.69) is 53.4 Å². The summed E-state index contributed by atoms with van der Waals surface area (Å²) in [4.78, 5) is 26.2. The van der Waals surface area contributed by atoms with E-state index < -0.39 is 0 Å². The van der Waals surface area contributed by atoms with Gasteiger partial charge in [-0.3, -0.25) is 14.5 Å². The third-order valence-corrected chi connectivity index (χ3v) is 5.30. The molecule has 0 saturated carbocycles. The maximum Gasteiger partial charge on any atom is 0.267 e. The van der Waals surface area contributed by atoms with Crippen LogP contribution in [0.4, 0.5) is 0 Å². The number of hydrogen-bond acceptors (Lipinski definition) is 4. The molecule has 2 heterocycles. The van der Waals surface area contributed by atoms with Crippen LogP contribution in [0.5, 0.6) is 0 Å². The molecule has 0 spiro atoms. The lowest BCUT2D eigenvalue weighted by atomic mass is 9.91. The van der Waals surface area contributed by atoms with Crippen molar-refractivity contribution in [3.8, 4) is 0 Å². The monoisotopic (exact) mass is 370 g/mol. The van der Waals surface area contributed by atoms with E-state index in [1.54, 1.807) is 7.05 Å². The van der Waals surface area contributed by atoms with Gasteiger partial charge in [0.2, 0.25) is 5.91 Å². The number of rotatable bonds is 5. The Hall–Kier alpha value is -2.21. The number of hydrazone groups is 1. The normalized spacial score (nSPS) is 23.9. The molecule has 6 heteroatoms. The van der Waals surface area contributed by atoms with Crippen LogP contribution in [-0.4, -0.2) is 47.6 Å². The van der Waals surface area contributed by atoms with E-state index in [1.807, 2.05) is 0 Å². The Balaban J connectivity index is 1.50. The number of benzene rings is 1. The molecular weight excluding hydrogens is 340 g/mol. The van der Waals surface area contributed by atoms with Crippen molar-refractivity contribution in [1.29, 1.82) is 0 Å². The topological polar surface area (TPSA) is 65.0 Å². The lowest BCUT2D eigenvalue weighted by molar-refractivity contribution is -0.130. The summed E-state index contributed by atoms with van der Waals surface area (Å²) in [5.74, 6) is 1.27. The van der Waals surface area contributed by atoms with E-state index in [4.69, 9.17) is 0 Å². The van der Waals surface area contributed by atoms with Crippen molar-refractivity contribution in [1.82, 2.24) is 15.2 Å². The first-order valence-corrected chi connectivity index (χ1v) is 9.83. The van der Waals surface area contributed by atoms with Gasteiger partial charge in [-0.05, 0) is 29.4 Å². The fourth-order valence-corrected chi connectivity index (χ4v) is 4.06. The molecule has 0 unspecified atom stereocenters. The molecule has 27 heavy (non-hydrogen) atoms. The van der Waals surface area contributed by atoms with Gasteiger partial charge in [-0.1, -0.05) is 38.1 Å². The van der Waals surface area contributed by atoms with Crippen molar-refractivity contribution in [3.63, 3.8) is 0 Å². The second kappa shape index (κ2) is 8.65. The van der Waals surface area contributed by atoms with E-state index in [9.17, 15) is 9.59 Å². The molecule has 2 atom stereocenters. The summed E-state index contributed by atoms with van der Waals surface area (Å²) in [6.07, 6.45) is 2.07. The summed E-state index contributed by atoms with van der Waals surface area (Å²) >= 11 is 0. The lowest BCUT2D eigenvalue weighted by Crippen LogP contribution is -2.38. The predicted molar refractivity (Wildman–Crippen MR) is 106 cm³/mol. The van der Waals surface area contributed by atoms with Gasteiger partial charge in [0.15, 0.2) is 0 Å². The average Bonchev–Trinajstić information content (AvgIpc) is 2.62. The highest BCUT2D eigenvalue weighted by Gasteiger charge is 2.22. The average molecular weight is 370 g/mol. The Morgan fingerprint density at radius 2 is 1.74 bits per heavy atom. The van der Waals surface area contributed by atoms with Crippen LogP contribution in [0, 0.1) is 11.8 Å². The summed E-state index contributed by atoms with van der Waals surface area (Å²) in [5.41, 5.74) is 2.79. The van der Waals surface area contributed by atoms with Crippen LogP contribution in [0.25, 0.3) is 0 Å². The number of nitrogens with zero attached hydrogens (tertiary/aromatic N) is 3. The number of likely N-dealkylation sites (tertiary alicyclic amines) is 1. The number of nitrogens with one attached hydrogen (secondary N) is 1. The van der Waals surface area contributed by atoms with Crippen LogP contribution in [-0.2, 0) is 22.7 Å². The zero-order chi connectivity index (χ0) is 19.4. The van der Waals surface area contributed by atoms with Gasteiger partial charge in [0, 0.05) is 46.1 Å². The minimum absolute atomic E-state index is 0.0559. The molecule has 1 aromatic rings. The fourth-order valence-electron chi connectivity index (χ4n) is 4.06. The van der Waals surface area contributed by atoms with E-state index in [0.717, 1.165) is 23.9 Å². The van der Waals surface area contributed by atoms with Gasteiger partial charge >= 0.3 is 0 Å². The van der Waals surface area contributed by atoms with Gasteiger partial charge < -0.3 is 5.32 Å². The summed E-state index contributed by atoms with van der Waals surface area (Å²) in [5, 5.41) is 8.19. The highest BCUT2D eigenvalue weighted by molar-refractivity contribution is 6.39. The minimum atomic E-state index is -0.199. The number of carbonyl (C=O) groups is 2. The fraction of sp³-hybridized carbons (Fsp3) is 0.571. The van der Waals surface area contributed by atoms with Crippen LogP contribution in [0.15, 0.2) is 29.4 Å². The Morgan fingerprint density at radius 3 is 2.37 bits per heavy atom. The second-order valence-corrected chi connectivity index (χ2v) is 8.10. The van der Waals surface area contributed by atoms with E-state index in [0.29, 0.717) is 25.1 Å². The van der Waals surface area contributed by atoms with Crippen molar-refractivity contribution in [2.24, 2.45) is 16.9 Å². The maximum absolute atomic E-state index is 12.2. The van der Waals surface area contributed by atoms with Crippen molar-refractivity contribution in [3.05, 3.63) is 35.4 Å². The van der Waals surface area contributed by atoms with Gasteiger partial charge in [0.25, 0.3) is 5.91 Å². The summed E-state index contributed by atoms with van der Waals surface area (Å²) in [7, 11) is 1.58. The number of piperidine rings is 1. The van der Waals surface area contributed by atoms with Crippen LogP contribution in [0.1, 0.15) is 44.2 Å². The molecule has 146 valence electrons. The Morgan fingerprint density at radius 1 is 1.11 bits per heavy atom. The smallest absolute Gasteiger partial charge is 0.267 e. The highest BCUT2D eigenvalue weighted by Crippen LogP contribution is 2.22. The first kappa shape index (κ1) is 19.5. The van der Waals surface area contributed by atoms with Crippen molar-refractivity contribution >= 4 is 17.5 Å². The third-order valence-electron chi connectivity index (χ3n) is 5.30. The Kier molecular flexibility index (Phi) is 6.26. The summed E-state index contributed by atoms with van der Waals surface area (Å²) < 4.78 is 0. The van der Waals surface area contributed by atoms with Gasteiger partial charge in [0.1, 0.15) is 5.71 Å². The first-order chi connectivity index (χ1) is 12.9. The van der Waals surface area contributed by atoms with Crippen LogP contribution in [0.3, 0.4) is 0 Å². The Labute approximate surface area is 161 Å². The molecule has 2 amide bonds. The highest BCUT2D eigenvalue weighted by atomic mass is 16.2. The van der Waals surface area contributed by atoms with Crippen molar-refractivity contribution in [2.45, 2.75) is 46.2 Å². The van der Waals surface area contributed by atoms with Gasteiger partial charge in [0.05, 0.1) is 0 Å². The second-order valence-electron chi connectivity index (χ2n) is 8.10. The van der Waals surface area contributed by atoms with Gasteiger partial charge in [-0.2, -0.15) is 5.10 Å². The molecule has 2 aliphatic rings. The molecule has 0 radical (unpaired) electrons. The SMILES string of the molecule is C[C@H]1C[C@H](C)CN(Cc2ccc(CNC(=O)C3=NN(C)C(=O)CC3)cc2)C1. The molecule has 0 aliphatic carbocycles. The molecule has 3 rings (SSSR count). The summed E-state index contributed by atoms with van der Waals surface area (Å²) in [6.45, 7) is 8.45. The predicted octanol–water partition coefficient (Wildman–Crippen LogP) is 2.39. The molecule has 1 saturated heterocycles. The minimum Gasteiger partial charge on any atom is -0.347 e. The molecule has 0 bridgehead atoms. The summed E-state index contributed by atoms with van der Waals surface area (Å²) in [6, 6.07) is 8.45. The quantitative estimate of drug-likeness (QED) is 0.865. The number of amides is 2. The molecule has 6 nitrogen and oxygen atoms in total. The maximum atomic E-state index is 12.2. The zero-order valence-corrected chi connectivity index (χ0v) is 16.6. The lowest BCUT2D eigenvalue weighted by Gasteiger charge is -2.35. The molecule has 2 aliphatic heterocycles. The van der Waals surface area contributed by atoms with E-state index >= 15 is 0 Å². The van der Waals surface area contributed by atoms with Crippen molar-refractivity contribution < 1.29 is 9.59 Å². The van der Waals surface area contributed by atoms with Gasteiger partial charge in [-0.15, -0.1) is 0 Å². The largest absolute Gasteiger partial charge is 0.347 e.